The molecule has 1 N–H and O–H groups in total. The van der Waals surface area contributed by atoms with Crippen LogP contribution in [0.5, 0.6) is 0 Å². The summed E-state index contributed by atoms with van der Waals surface area (Å²) in [4.78, 5) is 2.39. The van der Waals surface area contributed by atoms with Gasteiger partial charge in [-0.2, -0.15) is 5.26 Å². The van der Waals surface area contributed by atoms with Crippen molar-refractivity contribution in [3.63, 3.8) is 0 Å². The molecule has 0 aromatic heterocycles. The lowest BCUT2D eigenvalue weighted by Crippen LogP contribution is -2.44. The van der Waals surface area contributed by atoms with Gasteiger partial charge in [0.05, 0.1) is 6.07 Å². The molecule has 0 amide bonds. The summed E-state index contributed by atoms with van der Waals surface area (Å²) in [6.07, 6.45) is 9.27. The van der Waals surface area contributed by atoms with Crippen LogP contribution in [-0.2, 0) is 0 Å². The molecule has 3 heteroatoms. The molecule has 0 aromatic carbocycles. The van der Waals surface area contributed by atoms with Crippen molar-refractivity contribution in [1.29, 1.82) is 5.26 Å². The molecule has 0 aromatic rings. The first-order valence-corrected chi connectivity index (χ1v) is 6.65. The number of nitrogens with one attached hydrogen (secondary N) is 1. The topological polar surface area (TPSA) is 39.1 Å². The highest BCUT2D eigenvalue weighted by Gasteiger charge is 2.26. The predicted octanol–water partition coefficient (Wildman–Crippen LogP) is 1.90. The van der Waals surface area contributed by atoms with Gasteiger partial charge in [-0.1, -0.05) is 19.3 Å². The monoisotopic (exact) mass is 221 g/mol. The third-order valence-corrected chi connectivity index (χ3v) is 3.84. The van der Waals surface area contributed by atoms with Crippen LogP contribution in [0.2, 0.25) is 0 Å². The van der Waals surface area contributed by atoms with Crippen molar-refractivity contribution < 1.29 is 0 Å². The number of nitrogens with zero attached hydrogens (tertiary/aromatic N) is 2. The lowest BCUT2D eigenvalue weighted by atomic mass is 9.94. The van der Waals surface area contributed by atoms with Gasteiger partial charge >= 0.3 is 0 Å². The molecule has 0 radical (unpaired) electrons. The zero-order valence-electron chi connectivity index (χ0n) is 10.3. The molecule has 2 aliphatic carbocycles. The zero-order valence-corrected chi connectivity index (χ0v) is 10.3. The van der Waals surface area contributed by atoms with E-state index in [0.717, 1.165) is 6.54 Å². The highest BCUT2D eigenvalue weighted by atomic mass is 15.2. The summed E-state index contributed by atoms with van der Waals surface area (Å²) in [6, 6.07) is 3.76. The standard InChI is InChI=1S/C13H23N3/c1-16(13-5-3-2-4-6-13)10-12(9-14)15-11-7-8-11/h11-13,15H,2-8,10H2,1H3. The van der Waals surface area contributed by atoms with E-state index >= 15 is 0 Å². The van der Waals surface area contributed by atoms with E-state index in [1.807, 2.05) is 0 Å². The van der Waals surface area contributed by atoms with Crippen LogP contribution in [-0.4, -0.2) is 36.6 Å². The van der Waals surface area contributed by atoms with Crippen LogP contribution in [0.15, 0.2) is 0 Å². The van der Waals surface area contributed by atoms with Crippen LogP contribution >= 0.6 is 0 Å². The van der Waals surface area contributed by atoms with Crippen molar-refractivity contribution in [3.8, 4) is 6.07 Å². The van der Waals surface area contributed by atoms with E-state index < -0.39 is 0 Å². The molecule has 2 rings (SSSR count). The Bertz CT molecular complexity index is 248. The Morgan fingerprint density at radius 1 is 1.25 bits per heavy atom. The van der Waals surface area contributed by atoms with E-state index in [-0.39, 0.29) is 6.04 Å². The van der Waals surface area contributed by atoms with Gasteiger partial charge in [-0.25, -0.2) is 0 Å². The third-order valence-electron chi connectivity index (χ3n) is 3.84. The highest BCUT2D eigenvalue weighted by molar-refractivity contribution is 4.97. The van der Waals surface area contributed by atoms with Gasteiger partial charge in [0.15, 0.2) is 0 Å². The second-order valence-electron chi connectivity index (χ2n) is 5.35. The maximum absolute atomic E-state index is 9.11. The molecule has 0 aliphatic heterocycles. The lowest BCUT2D eigenvalue weighted by Gasteiger charge is -2.32. The van der Waals surface area contributed by atoms with Crippen molar-refractivity contribution in [2.45, 2.75) is 63.1 Å². The maximum atomic E-state index is 9.11. The SMILES string of the molecule is CN(CC(C#N)NC1CC1)C1CCCCC1. The Morgan fingerprint density at radius 3 is 2.50 bits per heavy atom. The summed E-state index contributed by atoms with van der Waals surface area (Å²) in [5, 5.41) is 12.5. The summed E-state index contributed by atoms with van der Waals surface area (Å²) >= 11 is 0. The van der Waals surface area contributed by atoms with Gasteiger partial charge in [0, 0.05) is 18.6 Å². The Hall–Kier alpha value is -0.590. The van der Waals surface area contributed by atoms with Crippen LogP contribution in [0.1, 0.15) is 44.9 Å². The van der Waals surface area contributed by atoms with Crippen LogP contribution < -0.4 is 5.32 Å². The molecule has 90 valence electrons. The molecule has 0 bridgehead atoms. The molecule has 2 saturated carbocycles. The maximum Gasteiger partial charge on any atom is 0.108 e. The Balaban J connectivity index is 1.74. The minimum atomic E-state index is 0.0272. The Kier molecular flexibility index (Phi) is 4.20. The van der Waals surface area contributed by atoms with E-state index in [1.54, 1.807) is 0 Å². The second kappa shape index (κ2) is 5.65. The van der Waals surface area contributed by atoms with Gasteiger partial charge in [-0.05, 0) is 32.7 Å². The van der Waals surface area contributed by atoms with Crippen molar-refractivity contribution in [3.05, 3.63) is 0 Å². The van der Waals surface area contributed by atoms with Gasteiger partial charge in [-0.15, -0.1) is 0 Å². The van der Waals surface area contributed by atoms with E-state index in [2.05, 4.69) is 23.3 Å². The average Bonchev–Trinajstić information content (AvgIpc) is 3.13. The molecular weight excluding hydrogens is 198 g/mol. The smallest absolute Gasteiger partial charge is 0.108 e. The Morgan fingerprint density at radius 2 is 1.94 bits per heavy atom. The van der Waals surface area contributed by atoms with Gasteiger partial charge in [0.25, 0.3) is 0 Å². The molecule has 16 heavy (non-hydrogen) atoms. The third kappa shape index (κ3) is 3.47. The van der Waals surface area contributed by atoms with E-state index in [1.165, 1.54) is 44.9 Å². The number of hydrogen-bond acceptors (Lipinski definition) is 3. The summed E-state index contributed by atoms with van der Waals surface area (Å²) < 4.78 is 0. The second-order valence-corrected chi connectivity index (χ2v) is 5.35. The molecular formula is C13H23N3. The molecule has 3 nitrogen and oxygen atoms in total. The molecule has 1 unspecified atom stereocenters. The first kappa shape index (κ1) is 11.9. The van der Waals surface area contributed by atoms with Crippen LogP contribution in [0.25, 0.3) is 0 Å². The van der Waals surface area contributed by atoms with E-state index in [9.17, 15) is 0 Å². The van der Waals surface area contributed by atoms with Crippen molar-refractivity contribution in [2.75, 3.05) is 13.6 Å². The molecule has 0 spiro atoms. The fourth-order valence-electron chi connectivity index (χ4n) is 2.62. The minimum absolute atomic E-state index is 0.0272. The van der Waals surface area contributed by atoms with E-state index in [4.69, 9.17) is 5.26 Å². The molecule has 1 atom stereocenters. The van der Waals surface area contributed by atoms with Crippen LogP contribution in [0, 0.1) is 11.3 Å². The number of rotatable bonds is 5. The Labute approximate surface area is 98.8 Å². The molecule has 0 heterocycles. The van der Waals surface area contributed by atoms with Gasteiger partial charge in [0.1, 0.15) is 6.04 Å². The average molecular weight is 221 g/mol. The summed E-state index contributed by atoms with van der Waals surface area (Å²) in [5.74, 6) is 0. The van der Waals surface area contributed by atoms with Crippen molar-refractivity contribution in [1.82, 2.24) is 10.2 Å². The van der Waals surface area contributed by atoms with Crippen molar-refractivity contribution >= 4 is 0 Å². The fourth-order valence-corrected chi connectivity index (χ4v) is 2.62. The van der Waals surface area contributed by atoms with Gasteiger partial charge in [-0.3, -0.25) is 5.32 Å². The van der Waals surface area contributed by atoms with Crippen LogP contribution in [0.3, 0.4) is 0 Å². The summed E-state index contributed by atoms with van der Waals surface area (Å²) in [5.41, 5.74) is 0. The fraction of sp³-hybridized carbons (Fsp3) is 0.923. The number of likely N-dealkylation sites (N-methyl/N-ethyl adjacent to an activating group) is 1. The first-order valence-electron chi connectivity index (χ1n) is 6.65. The van der Waals surface area contributed by atoms with E-state index in [0.29, 0.717) is 12.1 Å². The predicted molar refractivity (Wildman–Crippen MR) is 65.1 cm³/mol. The number of hydrogen-bond donors (Lipinski definition) is 1. The highest BCUT2D eigenvalue weighted by Crippen LogP contribution is 2.22. The zero-order chi connectivity index (χ0) is 11.4. The molecule has 2 aliphatic rings. The minimum Gasteiger partial charge on any atom is -0.301 e. The van der Waals surface area contributed by atoms with Crippen molar-refractivity contribution in [2.24, 2.45) is 0 Å². The van der Waals surface area contributed by atoms with Crippen LogP contribution in [0.4, 0.5) is 0 Å². The van der Waals surface area contributed by atoms with Gasteiger partial charge in [0.2, 0.25) is 0 Å². The quantitative estimate of drug-likeness (QED) is 0.770. The lowest BCUT2D eigenvalue weighted by molar-refractivity contribution is 0.183. The molecule has 2 fully saturated rings. The molecule has 0 saturated heterocycles. The normalized spacial score (nSPS) is 24.3. The summed E-state index contributed by atoms with van der Waals surface area (Å²) in [7, 11) is 2.18. The largest absolute Gasteiger partial charge is 0.301 e. The summed E-state index contributed by atoms with van der Waals surface area (Å²) in [6.45, 7) is 0.887. The van der Waals surface area contributed by atoms with Gasteiger partial charge < -0.3 is 4.90 Å². The number of nitriles is 1. The first-order chi connectivity index (χ1) is 7.79.